The fraction of sp³-hybridized carbons (Fsp3) is 0.920. The van der Waals surface area contributed by atoms with E-state index in [1.54, 1.807) is 0 Å². The van der Waals surface area contributed by atoms with Gasteiger partial charge in [0.05, 0.1) is 38.0 Å². The van der Waals surface area contributed by atoms with Crippen molar-refractivity contribution in [2.75, 3.05) is 19.8 Å². The minimum absolute atomic E-state index is 0.0225. The molecule has 256 valence electrons. The topological polar surface area (TPSA) is 321 Å². The zero-order valence-electron chi connectivity index (χ0n) is 23.5. The number of aliphatic hydroxyl groups excluding tert-OH is 13. The Morgan fingerprint density at radius 3 is 1.73 bits per heavy atom. The Balaban J connectivity index is 1.42. The Morgan fingerprint density at radius 1 is 0.636 bits per heavy atom. The number of ether oxygens (including phenoxy) is 5. The summed E-state index contributed by atoms with van der Waals surface area (Å²) in [7, 11) is 0. The molecule has 19 nitrogen and oxygen atoms in total. The zero-order valence-corrected chi connectivity index (χ0v) is 23.5. The van der Waals surface area contributed by atoms with Crippen LogP contribution in [0.2, 0.25) is 0 Å². The zero-order chi connectivity index (χ0) is 32.6. The highest BCUT2D eigenvalue weighted by molar-refractivity contribution is 5.22. The van der Waals surface area contributed by atoms with Gasteiger partial charge in [0, 0.05) is 0 Å². The van der Waals surface area contributed by atoms with Crippen molar-refractivity contribution in [1.82, 2.24) is 5.32 Å². The lowest BCUT2D eigenvalue weighted by Gasteiger charge is -2.48. The second-order valence-electron chi connectivity index (χ2n) is 11.4. The lowest BCUT2D eigenvalue weighted by molar-refractivity contribution is -0.373. The molecule has 4 rings (SSSR count). The SMILES string of the molecule is CC1O[C@H](O[C@@H]2C(CO)O[C@H](O[C@@H]3C(CO)O[C@H](O)C(O)C3O)C(O)C2O)C(O)C(O)[C@@H]1N[C@H]1C=C(CO)[C@@H](O)[C@H](O)[C@H]1O. The third-order valence-corrected chi connectivity index (χ3v) is 8.48. The number of rotatable bonds is 9. The predicted octanol–water partition coefficient (Wildman–Crippen LogP) is -8.56. The van der Waals surface area contributed by atoms with Gasteiger partial charge in [-0.15, -0.1) is 0 Å². The number of aliphatic hydroxyl groups is 13. The molecule has 0 radical (unpaired) electrons. The van der Waals surface area contributed by atoms with Crippen LogP contribution in [0.25, 0.3) is 0 Å². The molecule has 0 aromatic carbocycles. The highest BCUT2D eigenvalue weighted by Crippen LogP contribution is 2.32. The summed E-state index contributed by atoms with van der Waals surface area (Å²) in [4.78, 5) is 0. The van der Waals surface area contributed by atoms with Gasteiger partial charge in [0.25, 0.3) is 0 Å². The summed E-state index contributed by atoms with van der Waals surface area (Å²) in [5.74, 6) is 0. The molecule has 3 fully saturated rings. The van der Waals surface area contributed by atoms with Gasteiger partial charge in [-0.3, -0.25) is 0 Å². The van der Waals surface area contributed by atoms with Crippen LogP contribution in [0.15, 0.2) is 11.6 Å². The maximum atomic E-state index is 10.9. The first kappa shape index (κ1) is 35.8. The van der Waals surface area contributed by atoms with E-state index in [1.807, 2.05) is 0 Å². The van der Waals surface area contributed by atoms with Crippen molar-refractivity contribution >= 4 is 0 Å². The number of hydrogen-bond acceptors (Lipinski definition) is 19. The normalized spacial score (nSPS) is 52.0. The first-order chi connectivity index (χ1) is 20.7. The third kappa shape index (κ3) is 6.96. The van der Waals surface area contributed by atoms with E-state index < -0.39 is 136 Å². The quantitative estimate of drug-likeness (QED) is 0.103. The lowest BCUT2D eigenvalue weighted by atomic mass is 9.86. The molecular formula is C25H43NO18. The molecule has 0 bridgehead atoms. The van der Waals surface area contributed by atoms with E-state index in [-0.39, 0.29) is 5.57 Å². The van der Waals surface area contributed by atoms with E-state index >= 15 is 0 Å². The van der Waals surface area contributed by atoms with Crippen molar-refractivity contribution in [3.8, 4) is 0 Å². The van der Waals surface area contributed by atoms with Gasteiger partial charge >= 0.3 is 0 Å². The molecule has 0 saturated carbocycles. The van der Waals surface area contributed by atoms with Gasteiger partial charge in [0.2, 0.25) is 0 Å². The summed E-state index contributed by atoms with van der Waals surface area (Å²) in [5, 5.41) is 136. The van der Waals surface area contributed by atoms with Crippen molar-refractivity contribution in [2.45, 2.75) is 123 Å². The molecule has 14 N–H and O–H groups in total. The van der Waals surface area contributed by atoms with Gasteiger partial charge in [0.15, 0.2) is 18.9 Å². The Hall–Kier alpha value is -1.02. The van der Waals surface area contributed by atoms with Crippen LogP contribution in [-0.2, 0) is 23.7 Å². The summed E-state index contributed by atoms with van der Waals surface area (Å²) in [6, 6.07) is -2.17. The van der Waals surface area contributed by atoms with Gasteiger partial charge in [-0.1, -0.05) is 6.08 Å². The van der Waals surface area contributed by atoms with Crippen molar-refractivity contribution < 1.29 is 90.1 Å². The van der Waals surface area contributed by atoms with E-state index in [2.05, 4.69) is 5.32 Å². The molecule has 0 aromatic rings. The van der Waals surface area contributed by atoms with Crippen LogP contribution in [-0.4, -0.2) is 203 Å². The standard InChI is InChI=1S/C25H43NO18/c1-6-11(26-8-2-7(3-27)12(30)15(33)13(8)31)14(32)19(37)24(40-6)43-22-10(5-29)42-25(20(38)17(22)35)44-21-9(4-28)41-23(39)18(36)16(21)34/h2,6,8-39H,3-5H2,1H3/t6?,8-,9?,10?,11+,12+,13-,14?,15-,16?,17?,18?,19?,20?,21+,22+,23-,24+,25+/m0/s1. The molecule has 3 saturated heterocycles. The smallest absolute Gasteiger partial charge is 0.187 e. The van der Waals surface area contributed by atoms with Gasteiger partial charge in [-0.2, -0.15) is 0 Å². The monoisotopic (exact) mass is 645 g/mol. The molecule has 19 heteroatoms. The van der Waals surface area contributed by atoms with Crippen molar-refractivity contribution in [2.24, 2.45) is 0 Å². The highest BCUT2D eigenvalue weighted by Gasteiger charge is 2.53. The molecule has 1 aliphatic carbocycles. The number of hydrogen-bond donors (Lipinski definition) is 14. The van der Waals surface area contributed by atoms with Crippen LogP contribution in [0, 0.1) is 0 Å². The second-order valence-corrected chi connectivity index (χ2v) is 11.4. The number of nitrogens with one attached hydrogen (secondary N) is 1. The summed E-state index contributed by atoms with van der Waals surface area (Å²) >= 11 is 0. The molecule has 44 heavy (non-hydrogen) atoms. The molecule has 19 atom stereocenters. The van der Waals surface area contributed by atoms with Crippen LogP contribution in [0.3, 0.4) is 0 Å². The summed E-state index contributed by atoms with van der Waals surface area (Å²) in [6.07, 6.45) is -26.6. The van der Waals surface area contributed by atoms with Gasteiger partial charge < -0.3 is 95.4 Å². The van der Waals surface area contributed by atoms with Crippen LogP contribution >= 0.6 is 0 Å². The average molecular weight is 646 g/mol. The van der Waals surface area contributed by atoms with E-state index in [4.69, 9.17) is 23.7 Å². The molecule has 3 heterocycles. The van der Waals surface area contributed by atoms with E-state index in [0.717, 1.165) is 0 Å². The molecular weight excluding hydrogens is 602 g/mol. The molecule has 9 unspecified atom stereocenters. The Labute approximate surface area is 250 Å². The van der Waals surface area contributed by atoms with Crippen LogP contribution in [0.5, 0.6) is 0 Å². The minimum atomic E-state index is -1.93. The molecule has 0 aromatic heterocycles. The third-order valence-electron chi connectivity index (χ3n) is 8.48. The Bertz CT molecular complexity index is 958. The van der Waals surface area contributed by atoms with Crippen LogP contribution in [0.4, 0.5) is 0 Å². The summed E-state index contributed by atoms with van der Waals surface area (Å²) < 4.78 is 27.4. The second kappa shape index (κ2) is 14.8. The van der Waals surface area contributed by atoms with E-state index in [0.29, 0.717) is 0 Å². The van der Waals surface area contributed by atoms with E-state index in [1.165, 1.54) is 13.0 Å². The maximum absolute atomic E-state index is 10.9. The fourth-order valence-electron chi connectivity index (χ4n) is 5.81. The predicted molar refractivity (Wildman–Crippen MR) is 138 cm³/mol. The Kier molecular flexibility index (Phi) is 12.1. The minimum Gasteiger partial charge on any atom is -0.394 e. The van der Waals surface area contributed by atoms with Crippen molar-refractivity contribution in [3.63, 3.8) is 0 Å². The van der Waals surface area contributed by atoms with E-state index in [9.17, 15) is 66.4 Å². The fourth-order valence-corrected chi connectivity index (χ4v) is 5.81. The average Bonchev–Trinajstić information content (AvgIpc) is 3.00. The van der Waals surface area contributed by atoms with Crippen LogP contribution in [0.1, 0.15) is 6.92 Å². The molecule has 3 aliphatic heterocycles. The first-order valence-electron chi connectivity index (χ1n) is 14.1. The van der Waals surface area contributed by atoms with Gasteiger partial charge in [-0.25, -0.2) is 0 Å². The summed E-state index contributed by atoms with van der Waals surface area (Å²) in [5.41, 5.74) is 0.0225. The highest BCUT2D eigenvalue weighted by atomic mass is 16.7. The van der Waals surface area contributed by atoms with Crippen molar-refractivity contribution in [3.05, 3.63) is 11.6 Å². The van der Waals surface area contributed by atoms with Crippen LogP contribution < -0.4 is 5.32 Å². The Morgan fingerprint density at radius 2 is 1.16 bits per heavy atom. The largest absolute Gasteiger partial charge is 0.394 e. The summed E-state index contributed by atoms with van der Waals surface area (Å²) in [6.45, 7) is -0.753. The molecule has 0 amide bonds. The van der Waals surface area contributed by atoms with Gasteiger partial charge in [0.1, 0.15) is 79.4 Å². The lowest BCUT2D eigenvalue weighted by Crippen LogP contribution is -2.68. The molecule has 0 spiro atoms. The van der Waals surface area contributed by atoms with Crippen molar-refractivity contribution in [1.29, 1.82) is 0 Å². The first-order valence-corrected chi connectivity index (χ1v) is 14.1. The molecule has 4 aliphatic rings. The maximum Gasteiger partial charge on any atom is 0.187 e. The van der Waals surface area contributed by atoms with Gasteiger partial charge in [-0.05, 0) is 12.5 Å².